The van der Waals surface area contributed by atoms with Crippen LogP contribution in [0.1, 0.15) is 19.8 Å². The molecule has 0 atom stereocenters. The van der Waals surface area contributed by atoms with Gasteiger partial charge in [0, 0.05) is 5.57 Å². The first-order chi connectivity index (χ1) is 7.15. The van der Waals surface area contributed by atoms with Crippen molar-refractivity contribution in [2.75, 3.05) is 13.1 Å². The summed E-state index contributed by atoms with van der Waals surface area (Å²) in [5.41, 5.74) is 2.82. The Hall–Kier alpha value is -0.780. The molecule has 5 nitrogen and oxygen atoms in total. The van der Waals surface area contributed by atoms with E-state index in [1.807, 2.05) is 0 Å². The molecule has 1 saturated heterocycles. The summed E-state index contributed by atoms with van der Waals surface area (Å²) in [6.45, 7) is 3.57. The maximum atomic E-state index is 7.68. The van der Waals surface area contributed by atoms with Crippen LogP contribution in [0.25, 0.3) is 0 Å². The standard InChI is InChI=1S/C9H17ClN4O/c1-6(8(10)14-12)9(11)15-7-2-4-13-5-3-7/h7,11,13-14H,2-5,12H2,1H3/b8-6-,11-9?. The lowest BCUT2D eigenvalue weighted by Gasteiger charge is -2.24. The van der Waals surface area contributed by atoms with Gasteiger partial charge in [0.05, 0.1) is 0 Å². The topological polar surface area (TPSA) is 83.2 Å². The second-order valence-corrected chi connectivity index (χ2v) is 3.86. The summed E-state index contributed by atoms with van der Waals surface area (Å²) in [5.74, 6) is 5.23. The van der Waals surface area contributed by atoms with Crippen LogP contribution in [-0.2, 0) is 4.74 Å². The Labute approximate surface area is 94.5 Å². The van der Waals surface area contributed by atoms with E-state index in [1.54, 1.807) is 6.92 Å². The third-order valence-electron chi connectivity index (χ3n) is 2.37. The average molecular weight is 233 g/mol. The first-order valence-electron chi connectivity index (χ1n) is 4.94. The number of nitrogens with one attached hydrogen (secondary N) is 3. The molecule has 5 N–H and O–H groups in total. The molecule has 0 spiro atoms. The summed E-state index contributed by atoms with van der Waals surface area (Å²) >= 11 is 5.74. The van der Waals surface area contributed by atoms with Gasteiger partial charge in [-0.1, -0.05) is 11.6 Å². The second kappa shape index (κ2) is 5.95. The van der Waals surface area contributed by atoms with Gasteiger partial charge in [0.15, 0.2) is 0 Å². The summed E-state index contributed by atoms with van der Waals surface area (Å²) in [5, 5.41) is 11.2. The normalized spacial score (nSPS) is 19.4. The fourth-order valence-corrected chi connectivity index (χ4v) is 1.46. The van der Waals surface area contributed by atoms with Gasteiger partial charge in [-0.15, -0.1) is 0 Å². The van der Waals surface area contributed by atoms with Gasteiger partial charge < -0.3 is 15.5 Å². The number of hydrazine groups is 1. The van der Waals surface area contributed by atoms with E-state index in [9.17, 15) is 0 Å². The van der Waals surface area contributed by atoms with Gasteiger partial charge in [0.1, 0.15) is 11.3 Å². The molecule has 1 fully saturated rings. The zero-order valence-electron chi connectivity index (χ0n) is 8.77. The van der Waals surface area contributed by atoms with Gasteiger partial charge in [-0.2, -0.15) is 0 Å². The SMILES string of the molecule is C/C(C(=N)OC1CCNCC1)=C(\Cl)NN. The Kier molecular flexibility index (Phi) is 4.87. The zero-order chi connectivity index (χ0) is 11.3. The maximum Gasteiger partial charge on any atom is 0.212 e. The molecule has 1 aliphatic rings. The van der Waals surface area contributed by atoms with Gasteiger partial charge in [-0.3, -0.25) is 5.41 Å². The van der Waals surface area contributed by atoms with Crippen LogP contribution in [0.3, 0.4) is 0 Å². The Bertz CT molecular complexity index is 261. The molecule has 0 bridgehead atoms. The first kappa shape index (κ1) is 12.3. The Balaban J connectivity index is 2.47. The highest BCUT2D eigenvalue weighted by Crippen LogP contribution is 2.13. The second-order valence-electron chi connectivity index (χ2n) is 3.48. The number of rotatable bonds is 3. The van der Waals surface area contributed by atoms with E-state index in [0.717, 1.165) is 25.9 Å². The van der Waals surface area contributed by atoms with Crippen molar-refractivity contribution in [2.24, 2.45) is 5.84 Å². The van der Waals surface area contributed by atoms with E-state index < -0.39 is 0 Å². The van der Waals surface area contributed by atoms with Crippen molar-refractivity contribution >= 4 is 17.5 Å². The third kappa shape index (κ3) is 3.70. The smallest absolute Gasteiger partial charge is 0.212 e. The van der Waals surface area contributed by atoms with E-state index in [-0.39, 0.29) is 17.2 Å². The molecule has 86 valence electrons. The highest BCUT2D eigenvalue weighted by atomic mass is 35.5. The summed E-state index contributed by atoms with van der Waals surface area (Å²) in [4.78, 5) is 0. The molecule has 0 aromatic rings. The lowest BCUT2D eigenvalue weighted by Crippen LogP contribution is -2.34. The fourth-order valence-electron chi connectivity index (χ4n) is 1.38. The minimum atomic E-state index is 0.0878. The van der Waals surface area contributed by atoms with Crippen molar-refractivity contribution in [1.82, 2.24) is 10.7 Å². The summed E-state index contributed by atoms with van der Waals surface area (Å²) in [7, 11) is 0. The molecule has 0 aliphatic carbocycles. The lowest BCUT2D eigenvalue weighted by molar-refractivity contribution is 0.149. The highest BCUT2D eigenvalue weighted by Gasteiger charge is 2.17. The van der Waals surface area contributed by atoms with Crippen LogP contribution < -0.4 is 16.6 Å². The molecule has 0 aromatic heterocycles. The number of piperidine rings is 1. The molecule has 6 heteroatoms. The highest BCUT2D eigenvalue weighted by molar-refractivity contribution is 6.31. The average Bonchev–Trinajstić information content (AvgIpc) is 2.28. The maximum absolute atomic E-state index is 7.68. The van der Waals surface area contributed by atoms with Crippen molar-refractivity contribution in [3.05, 3.63) is 10.7 Å². The van der Waals surface area contributed by atoms with E-state index in [0.29, 0.717) is 5.57 Å². The van der Waals surface area contributed by atoms with Crippen molar-refractivity contribution in [3.8, 4) is 0 Å². The molecule has 1 heterocycles. The van der Waals surface area contributed by atoms with E-state index in [4.69, 9.17) is 27.6 Å². The quantitative estimate of drug-likeness (QED) is 0.190. The lowest BCUT2D eigenvalue weighted by atomic mass is 10.1. The van der Waals surface area contributed by atoms with E-state index in [2.05, 4.69) is 10.7 Å². The number of halogens is 1. The monoisotopic (exact) mass is 232 g/mol. The first-order valence-corrected chi connectivity index (χ1v) is 5.32. The molecule has 0 amide bonds. The molecule has 0 aromatic carbocycles. The Morgan fingerprint density at radius 3 is 2.67 bits per heavy atom. The zero-order valence-corrected chi connectivity index (χ0v) is 9.53. The van der Waals surface area contributed by atoms with Gasteiger partial charge in [-0.05, 0) is 32.9 Å². The predicted molar refractivity (Wildman–Crippen MR) is 60.6 cm³/mol. The van der Waals surface area contributed by atoms with Crippen LogP contribution in [0.15, 0.2) is 10.7 Å². The fraction of sp³-hybridized carbons (Fsp3) is 0.667. The molecule has 1 rings (SSSR count). The predicted octanol–water partition coefficient (Wildman–Crippen LogP) is 0.666. The summed E-state index contributed by atoms with van der Waals surface area (Å²) < 4.78 is 5.48. The van der Waals surface area contributed by atoms with Crippen LogP contribution in [0.4, 0.5) is 0 Å². The Morgan fingerprint density at radius 1 is 1.53 bits per heavy atom. The van der Waals surface area contributed by atoms with Crippen molar-refractivity contribution in [3.63, 3.8) is 0 Å². The van der Waals surface area contributed by atoms with Crippen molar-refractivity contribution in [2.45, 2.75) is 25.9 Å². The minimum Gasteiger partial charge on any atom is -0.474 e. The number of nitrogens with two attached hydrogens (primary N) is 1. The van der Waals surface area contributed by atoms with Crippen LogP contribution in [0.2, 0.25) is 0 Å². The number of ether oxygens (including phenoxy) is 1. The van der Waals surface area contributed by atoms with Gasteiger partial charge >= 0.3 is 0 Å². The van der Waals surface area contributed by atoms with E-state index in [1.165, 1.54) is 0 Å². The van der Waals surface area contributed by atoms with Crippen LogP contribution in [0, 0.1) is 5.41 Å². The van der Waals surface area contributed by atoms with Crippen molar-refractivity contribution in [1.29, 1.82) is 5.41 Å². The molecule has 0 unspecified atom stereocenters. The largest absolute Gasteiger partial charge is 0.474 e. The minimum absolute atomic E-state index is 0.0878. The molecule has 0 saturated carbocycles. The van der Waals surface area contributed by atoms with Gasteiger partial charge in [0.2, 0.25) is 5.90 Å². The van der Waals surface area contributed by atoms with Crippen LogP contribution in [0.5, 0.6) is 0 Å². The van der Waals surface area contributed by atoms with Gasteiger partial charge in [-0.25, -0.2) is 5.84 Å². The van der Waals surface area contributed by atoms with Crippen LogP contribution >= 0.6 is 11.6 Å². The van der Waals surface area contributed by atoms with E-state index >= 15 is 0 Å². The number of hydrogen-bond donors (Lipinski definition) is 4. The van der Waals surface area contributed by atoms with Crippen LogP contribution in [-0.4, -0.2) is 25.1 Å². The third-order valence-corrected chi connectivity index (χ3v) is 2.76. The summed E-state index contributed by atoms with van der Waals surface area (Å²) in [6, 6.07) is 0. The molecule has 0 radical (unpaired) electrons. The molecule has 1 aliphatic heterocycles. The number of hydrogen-bond acceptors (Lipinski definition) is 5. The summed E-state index contributed by atoms with van der Waals surface area (Å²) in [6.07, 6.45) is 1.95. The molecular weight excluding hydrogens is 216 g/mol. The van der Waals surface area contributed by atoms with Gasteiger partial charge in [0.25, 0.3) is 0 Å². The Morgan fingerprint density at radius 2 is 2.13 bits per heavy atom. The molecule has 15 heavy (non-hydrogen) atoms. The molecular formula is C9H17ClN4O. The van der Waals surface area contributed by atoms with Crippen molar-refractivity contribution < 1.29 is 4.74 Å².